The molecule has 0 bridgehead atoms. The number of nitrogens with one attached hydrogen (secondary N) is 2. The molecule has 44 heavy (non-hydrogen) atoms. The van der Waals surface area contributed by atoms with Crippen LogP contribution in [0, 0.1) is 18.3 Å². The first-order chi connectivity index (χ1) is 21.2. The minimum Gasteiger partial charge on any atom is -0.495 e. The molecule has 0 saturated heterocycles. The number of aromatic nitrogens is 1. The number of nitriles is 1. The van der Waals surface area contributed by atoms with Gasteiger partial charge in [0.15, 0.2) is 15.7 Å². The van der Waals surface area contributed by atoms with Gasteiger partial charge in [0.05, 0.1) is 45.4 Å². The standard InChI is InChI=1S/C29H37N7O7S/c1-20-22(19-30)28(31-9-13-37)33-29(32-21-7-5-4-6-8-21)27(20)35-34-23-17-25(43-3)26(18-24(23)42-2)44(40,41)16-12-36(10-14-38)11-15-39/h4-8,17-18,37-39H,9-16H2,1-3H3,(H2,31,32,33). The zero-order chi connectivity index (χ0) is 32.1. The Bertz CT molecular complexity index is 1570. The SMILES string of the molecule is COc1cc(S(=O)(=O)CCN(CCO)CCO)c(OC)cc1N=Nc1c(Nc2ccccc2)nc(NCCO)c(C#N)c1C. The molecule has 15 heteroatoms. The summed E-state index contributed by atoms with van der Waals surface area (Å²) in [7, 11) is -1.18. The lowest BCUT2D eigenvalue weighted by Crippen LogP contribution is -2.34. The van der Waals surface area contributed by atoms with Crippen LogP contribution in [0.5, 0.6) is 11.5 Å². The molecule has 0 saturated carbocycles. The molecular weight excluding hydrogens is 590 g/mol. The number of nitrogens with zero attached hydrogens (tertiary/aromatic N) is 5. The van der Waals surface area contributed by atoms with E-state index in [4.69, 9.17) is 9.47 Å². The Morgan fingerprint density at radius 2 is 1.64 bits per heavy atom. The highest BCUT2D eigenvalue weighted by atomic mass is 32.2. The molecule has 1 aromatic heterocycles. The summed E-state index contributed by atoms with van der Waals surface area (Å²) in [6.07, 6.45) is 0. The van der Waals surface area contributed by atoms with Crippen molar-refractivity contribution < 1.29 is 33.2 Å². The molecular formula is C29H37N7O7S. The van der Waals surface area contributed by atoms with E-state index in [2.05, 4.69) is 31.9 Å². The highest BCUT2D eigenvalue weighted by Gasteiger charge is 2.24. The molecule has 3 rings (SSSR count). The summed E-state index contributed by atoms with van der Waals surface area (Å²) in [4.78, 5) is 6.08. The van der Waals surface area contributed by atoms with E-state index in [-0.39, 0.29) is 96.7 Å². The number of ether oxygens (including phenoxy) is 2. The second-order valence-corrected chi connectivity index (χ2v) is 11.5. The second-order valence-electron chi connectivity index (χ2n) is 9.39. The van der Waals surface area contributed by atoms with Crippen LogP contribution in [0.15, 0.2) is 57.6 Å². The van der Waals surface area contributed by atoms with Gasteiger partial charge < -0.3 is 35.4 Å². The van der Waals surface area contributed by atoms with E-state index in [1.54, 1.807) is 11.8 Å². The number of pyridine rings is 1. The summed E-state index contributed by atoms with van der Waals surface area (Å²) in [5, 5.41) is 52.5. The molecule has 2 aromatic carbocycles. The number of rotatable bonds is 17. The van der Waals surface area contributed by atoms with Crippen LogP contribution in [0.2, 0.25) is 0 Å². The summed E-state index contributed by atoms with van der Waals surface area (Å²) >= 11 is 0. The van der Waals surface area contributed by atoms with Gasteiger partial charge in [-0.1, -0.05) is 18.2 Å². The molecule has 0 radical (unpaired) electrons. The van der Waals surface area contributed by atoms with Crippen molar-refractivity contribution in [1.29, 1.82) is 5.26 Å². The number of hydrogen-bond donors (Lipinski definition) is 5. The van der Waals surface area contributed by atoms with Crippen molar-refractivity contribution in [2.24, 2.45) is 10.2 Å². The van der Waals surface area contributed by atoms with Gasteiger partial charge in [0.2, 0.25) is 0 Å². The number of aliphatic hydroxyl groups excluding tert-OH is 3. The fraction of sp³-hybridized carbons (Fsp3) is 0.379. The first-order valence-electron chi connectivity index (χ1n) is 13.7. The van der Waals surface area contributed by atoms with Crippen LogP contribution in [0.3, 0.4) is 0 Å². The van der Waals surface area contributed by atoms with Crippen LogP contribution in [0.4, 0.5) is 28.7 Å². The third kappa shape index (κ3) is 8.62. The molecule has 14 nitrogen and oxygen atoms in total. The summed E-state index contributed by atoms with van der Waals surface area (Å²) < 4.78 is 37.5. The zero-order valence-electron chi connectivity index (χ0n) is 24.8. The predicted molar refractivity (Wildman–Crippen MR) is 165 cm³/mol. The second kappa shape index (κ2) is 16.5. The fourth-order valence-corrected chi connectivity index (χ4v) is 5.71. The fourth-order valence-electron chi connectivity index (χ4n) is 4.26. The van der Waals surface area contributed by atoms with Crippen molar-refractivity contribution in [2.75, 3.05) is 76.6 Å². The summed E-state index contributed by atoms with van der Waals surface area (Å²) in [5.74, 6) is 0.398. The molecule has 0 aliphatic heterocycles. The van der Waals surface area contributed by atoms with Gasteiger partial charge in [-0.05, 0) is 19.1 Å². The maximum atomic E-state index is 13.3. The van der Waals surface area contributed by atoms with Crippen LogP contribution in [0.1, 0.15) is 11.1 Å². The minimum atomic E-state index is -3.88. The first kappa shape index (κ1) is 34.2. The zero-order valence-corrected chi connectivity index (χ0v) is 25.6. The number of azo groups is 1. The van der Waals surface area contributed by atoms with E-state index in [1.807, 2.05) is 30.3 Å². The molecule has 1 heterocycles. The molecule has 3 aromatic rings. The first-order valence-corrected chi connectivity index (χ1v) is 15.3. The highest BCUT2D eigenvalue weighted by Crippen LogP contribution is 2.41. The average Bonchev–Trinajstić information content (AvgIpc) is 3.02. The number of sulfone groups is 1. The summed E-state index contributed by atoms with van der Waals surface area (Å²) in [6.45, 7) is 1.89. The maximum absolute atomic E-state index is 13.3. The van der Waals surface area contributed by atoms with Crippen molar-refractivity contribution in [3.8, 4) is 17.6 Å². The van der Waals surface area contributed by atoms with Gasteiger partial charge in [-0.15, -0.1) is 10.2 Å². The number of aliphatic hydroxyl groups is 3. The lowest BCUT2D eigenvalue weighted by molar-refractivity contribution is 0.167. The summed E-state index contributed by atoms with van der Waals surface area (Å²) in [6, 6.07) is 14.0. The van der Waals surface area contributed by atoms with Gasteiger partial charge in [0.25, 0.3) is 0 Å². The predicted octanol–water partition coefficient (Wildman–Crippen LogP) is 2.90. The van der Waals surface area contributed by atoms with Crippen molar-refractivity contribution in [2.45, 2.75) is 11.8 Å². The minimum absolute atomic E-state index is 0.0226. The summed E-state index contributed by atoms with van der Waals surface area (Å²) in [5.41, 5.74) is 1.81. The number of para-hydroxylation sites is 1. The van der Waals surface area contributed by atoms with Gasteiger partial charge in [-0.2, -0.15) is 5.26 Å². The smallest absolute Gasteiger partial charge is 0.183 e. The lowest BCUT2D eigenvalue weighted by Gasteiger charge is -2.20. The van der Waals surface area contributed by atoms with E-state index in [0.29, 0.717) is 11.3 Å². The Balaban J connectivity index is 2.06. The number of benzene rings is 2. The highest BCUT2D eigenvalue weighted by molar-refractivity contribution is 7.91. The molecule has 0 aliphatic rings. The largest absolute Gasteiger partial charge is 0.495 e. The third-order valence-corrected chi connectivity index (χ3v) is 8.24. The Labute approximate surface area is 256 Å². The van der Waals surface area contributed by atoms with Gasteiger partial charge in [0, 0.05) is 49.6 Å². The molecule has 0 fully saturated rings. The maximum Gasteiger partial charge on any atom is 0.183 e. The van der Waals surface area contributed by atoms with Crippen molar-refractivity contribution in [1.82, 2.24) is 9.88 Å². The van der Waals surface area contributed by atoms with Gasteiger partial charge >= 0.3 is 0 Å². The van der Waals surface area contributed by atoms with E-state index in [9.17, 15) is 29.0 Å². The topological polar surface area (TPSA) is 202 Å². The Morgan fingerprint density at radius 1 is 0.955 bits per heavy atom. The van der Waals surface area contributed by atoms with Gasteiger partial charge in [-0.25, -0.2) is 13.4 Å². The Hall–Kier alpha value is -4.33. The molecule has 236 valence electrons. The van der Waals surface area contributed by atoms with Crippen molar-refractivity contribution in [3.05, 3.63) is 53.6 Å². The Kier molecular flexibility index (Phi) is 12.8. The Morgan fingerprint density at radius 3 is 2.23 bits per heavy atom. The molecule has 0 spiro atoms. The van der Waals surface area contributed by atoms with Gasteiger partial charge in [0.1, 0.15) is 39.7 Å². The quantitative estimate of drug-likeness (QED) is 0.137. The molecule has 0 atom stereocenters. The van der Waals surface area contributed by atoms with Crippen LogP contribution in [-0.2, 0) is 9.84 Å². The molecule has 0 amide bonds. The third-order valence-electron chi connectivity index (χ3n) is 6.53. The normalized spacial score (nSPS) is 11.5. The van der Waals surface area contributed by atoms with Gasteiger partial charge in [-0.3, -0.25) is 4.90 Å². The number of methoxy groups -OCH3 is 2. The monoisotopic (exact) mass is 627 g/mol. The average molecular weight is 628 g/mol. The van der Waals surface area contributed by atoms with E-state index in [1.165, 1.54) is 26.4 Å². The van der Waals surface area contributed by atoms with Crippen molar-refractivity contribution >= 4 is 38.5 Å². The van der Waals surface area contributed by atoms with Crippen molar-refractivity contribution in [3.63, 3.8) is 0 Å². The number of hydrogen-bond acceptors (Lipinski definition) is 14. The van der Waals surface area contributed by atoms with Crippen LogP contribution in [-0.4, -0.2) is 99.6 Å². The van der Waals surface area contributed by atoms with Crippen LogP contribution in [0.25, 0.3) is 0 Å². The van der Waals surface area contributed by atoms with E-state index >= 15 is 0 Å². The number of anilines is 3. The molecule has 5 N–H and O–H groups in total. The molecule has 0 aliphatic carbocycles. The van der Waals surface area contributed by atoms with E-state index in [0.717, 1.165) is 0 Å². The van der Waals surface area contributed by atoms with Crippen LogP contribution < -0.4 is 20.1 Å². The lowest BCUT2D eigenvalue weighted by atomic mass is 10.1. The molecule has 0 unspecified atom stereocenters. The van der Waals surface area contributed by atoms with E-state index < -0.39 is 9.84 Å². The van der Waals surface area contributed by atoms with Crippen LogP contribution >= 0.6 is 0 Å².